The van der Waals surface area contributed by atoms with Crippen molar-refractivity contribution in [2.75, 3.05) is 6.54 Å². The Balaban J connectivity index is 1.45. The van der Waals surface area contributed by atoms with Crippen molar-refractivity contribution in [1.29, 1.82) is 0 Å². The molecular formula is C25H28N4O2S. The van der Waals surface area contributed by atoms with E-state index in [4.69, 9.17) is 9.98 Å². The number of hydrogen-bond acceptors (Lipinski definition) is 5. The molecule has 4 unspecified atom stereocenters. The lowest BCUT2D eigenvalue weighted by Crippen LogP contribution is -2.45. The Morgan fingerprint density at radius 2 is 2.00 bits per heavy atom. The van der Waals surface area contributed by atoms with Crippen LogP contribution >= 0.6 is 11.8 Å². The first-order chi connectivity index (χ1) is 15.5. The molecule has 7 heteroatoms. The standard InChI is InChI=1S/C25H28N4O2S/c1-4-20(23(30)28-14-13-16-9-5-8-12-19(16)28)32-25-26-18-11-7-6-10-17(18)22-27-21(15(2)3)24(31)29(22)25/h5-12,15-16,19-21H,4,13-14H2,1-3H3. The number of fused-ring (bicyclic) bond motifs is 4. The Bertz CT molecular complexity index is 1070. The Morgan fingerprint density at radius 3 is 2.78 bits per heavy atom. The molecule has 3 heterocycles. The molecule has 166 valence electrons. The maximum atomic E-state index is 13.6. The van der Waals surface area contributed by atoms with Gasteiger partial charge in [-0.3, -0.25) is 14.6 Å². The van der Waals surface area contributed by atoms with E-state index < -0.39 is 6.04 Å². The molecule has 0 radical (unpaired) electrons. The van der Waals surface area contributed by atoms with Gasteiger partial charge in [0.05, 0.1) is 17.0 Å². The number of carbonyl (C=O) groups excluding carboxylic acids is 2. The number of carbonyl (C=O) groups is 2. The molecule has 2 amide bonds. The van der Waals surface area contributed by atoms with Crippen molar-refractivity contribution >= 4 is 40.3 Å². The number of allylic oxidation sites excluding steroid dienone is 2. The number of nitrogens with zero attached hydrogens (tertiary/aromatic N) is 4. The molecule has 1 aromatic rings. The van der Waals surface area contributed by atoms with Gasteiger partial charge < -0.3 is 4.90 Å². The summed E-state index contributed by atoms with van der Waals surface area (Å²) < 4.78 is 0. The highest BCUT2D eigenvalue weighted by molar-refractivity contribution is 8.15. The molecule has 0 aromatic heterocycles. The van der Waals surface area contributed by atoms with Crippen LogP contribution in [0.15, 0.2) is 58.6 Å². The summed E-state index contributed by atoms with van der Waals surface area (Å²) in [6, 6.07) is 7.48. The van der Waals surface area contributed by atoms with Crippen molar-refractivity contribution in [2.45, 2.75) is 50.9 Å². The molecule has 32 heavy (non-hydrogen) atoms. The lowest BCUT2D eigenvalue weighted by Gasteiger charge is -2.31. The van der Waals surface area contributed by atoms with Gasteiger partial charge in [-0.1, -0.05) is 69.0 Å². The largest absolute Gasteiger partial charge is 0.335 e. The molecule has 0 N–H and O–H groups in total. The molecule has 3 aliphatic heterocycles. The van der Waals surface area contributed by atoms with Gasteiger partial charge in [0.25, 0.3) is 5.91 Å². The van der Waals surface area contributed by atoms with E-state index in [1.165, 1.54) is 11.8 Å². The van der Waals surface area contributed by atoms with E-state index >= 15 is 0 Å². The number of amidine groups is 2. The Labute approximate surface area is 193 Å². The maximum Gasteiger partial charge on any atom is 0.259 e. The maximum absolute atomic E-state index is 13.6. The van der Waals surface area contributed by atoms with Gasteiger partial charge in [0, 0.05) is 18.0 Å². The van der Waals surface area contributed by atoms with Gasteiger partial charge in [-0.25, -0.2) is 9.89 Å². The summed E-state index contributed by atoms with van der Waals surface area (Å²) in [5.74, 6) is 1.22. The van der Waals surface area contributed by atoms with Gasteiger partial charge in [0.2, 0.25) is 5.91 Å². The minimum Gasteiger partial charge on any atom is -0.335 e. The SMILES string of the molecule is CCC(SC1=Nc2ccccc2C2=NC(C(C)C)C(=O)N12)C(=O)N1CCC2C=CC=CC21. The average Bonchev–Trinajstić information content (AvgIpc) is 3.39. The third-order valence-electron chi connectivity index (χ3n) is 6.59. The van der Waals surface area contributed by atoms with Crippen LogP contribution in [0.1, 0.15) is 39.2 Å². The van der Waals surface area contributed by atoms with E-state index in [9.17, 15) is 9.59 Å². The van der Waals surface area contributed by atoms with E-state index in [0.29, 0.717) is 23.3 Å². The van der Waals surface area contributed by atoms with Gasteiger partial charge in [-0.05, 0) is 30.9 Å². The van der Waals surface area contributed by atoms with Crippen molar-refractivity contribution in [2.24, 2.45) is 21.8 Å². The summed E-state index contributed by atoms with van der Waals surface area (Å²) in [6.45, 7) is 6.80. The van der Waals surface area contributed by atoms with Crippen LogP contribution in [-0.2, 0) is 9.59 Å². The van der Waals surface area contributed by atoms with E-state index in [-0.39, 0.29) is 29.0 Å². The second-order valence-electron chi connectivity index (χ2n) is 8.99. The number of hydrogen-bond donors (Lipinski definition) is 0. The van der Waals surface area contributed by atoms with Crippen LogP contribution in [0.4, 0.5) is 5.69 Å². The second-order valence-corrected chi connectivity index (χ2v) is 10.2. The zero-order valence-corrected chi connectivity index (χ0v) is 19.5. The molecular weight excluding hydrogens is 420 g/mol. The van der Waals surface area contributed by atoms with Crippen LogP contribution < -0.4 is 0 Å². The zero-order chi connectivity index (χ0) is 22.4. The van der Waals surface area contributed by atoms with E-state index in [2.05, 4.69) is 18.2 Å². The number of aliphatic imine (C=N–C) groups is 2. The predicted octanol–water partition coefficient (Wildman–Crippen LogP) is 4.16. The van der Waals surface area contributed by atoms with Gasteiger partial charge in [0.1, 0.15) is 11.9 Å². The summed E-state index contributed by atoms with van der Waals surface area (Å²) in [6.07, 6.45) is 10.1. The lowest BCUT2D eigenvalue weighted by molar-refractivity contribution is -0.131. The zero-order valence-electron chi connectivity index (χ0n) is 18.6. The number of thioether (sulfide) groups is 1. The van der Waals surface area contributed by atoms with Crippen molar-refractivity contribution in [1.82, 2.24) is 9.80 Å². The number of amides is 2. The molecule has 0 saturated carbocycles. The highest BCUT2D eigenvalue weighted by atomic mass is 32.2. The second kappa shape index (κ2) is 8.35. The third-order valence-corrected chi connectivity index (χ3v) is 7.89. The van der Waals surface area contributed by atoms with Crippen molar-refractivity contribution in [3.8, 4) is 0 Å². The van der Waals surface area contributed by atoms with Crippen LogP contribution in [0.2, 0.25) is 0 Å². The Kier molecular flexibility index (Phi) is 5.53. The van der Waals surface area contributed by atoms with E-state index in [1.807, 2.05) is 56.0 Å². The summed E-state index contributed by atoms with van der Waals surface area (Å²) in [5, 5.41) is 0.259. The van der Waals surface area contributed by atoms with Crippen LogP contribution in [0.3, 0.4) is 0 Å². The summed E-state index contributed by atoms with van der Waals surface area (Å²) in [4.78, 5) is 40.1. The third kappa shape index (κ3) is 3.43. The molecule has 1 aromatic carbocycles. The molecule has 0 bridgehead atoms. The fourth-order valence-electron chi connectivity index (χ4n) is 4.84. The minimum absolute atomic E-state index is 0.0559. The van der Waals surface area contributed by atoms with Gasteiger partial charge in [-0.2, -0.15) is 0 Å². The van der Waals surface area contributed by atoms with Gasteiger partial charge in [0.15, 0.2) is 5.17 Å². The van der Waals surface area contributed by atoms with E-state index in [0.717, 1.165) is 24.2 Å². The predicted molar refractivity (Wildman–Crippen MR) is 129 cm³/mol. The molecule has 6 nitrogen and oxygen atoms in total. The minimum atomic E-state index is -0.420. The number of para-hydroxylation sites is 1. The highest BCUT2D eigenvalue weighted by Gasteiger charge is 2.44. The van der Waals surface area contributed by atoms with Crippen LogP contribution in [0, 0.1) is 11.8 Å². The molecule has 1 aliphatic carbocycles. The topological polar surface area (TPSA) is 65.3 Å². The molecule has 4 aliphatic rings. The summed E-state index contributed by atoms with van der Waals surface area (Å²) >= 11 is 1.40. The fraction of sp³-hybridized carbons (Fsp3) is 0.440. The summed E-state index contributed by atoms with van der Waals surface area (Å²) in [7, 11) is 0. The summed E-state index contributed by atoms with van der Waals surface area (Å²) in [5.41, 5.74) is 1.67. The monoisotopic (exact) mass is 448 g/mol. The van der Waals surface area contributed by atoms with Crippen molar-refractivity contribution < 1.29 is 9.59 Å². The quantitative estimate of drug-likeness (QED) is 0.695. The Morgan fingerprint density at radius 1 is 1.22 bits per heavy atom. The number of benzene rings is 1. The van der Waals surface area contributed by atoms with Crippen LogP contribution in [-0.4, -0.2) is 56.5 Å². The van der Waals surface area contributed by atoms with Crippen LogP contribution in [0.25, 0.3) is 0 Å². The first-order valence-corrected chi connectivity index (χ1v) is 12.3. The molecule has 1 fully saturated rings. The molecule has 1 saturated heterocycles. The van der Waals surface area contributed by atoms with Crippen molar-refractivity contribution in [3.05, 3.63) is 54.1 Å². The molecule has 4 atom stereocenters. The fourth-order valence-corrected chi connectivity index (χ4v) is 5.93. The van der Waals surface area contributed by atoms with E-state index in [1.54, 1.807) is 4.90 Å². The van der Waals surface area contributed by atoms with Gasteiger partial charge in [-0.15, -0.1) is 0 Å². The lowest BCUT2D eigenvalue weighted by atomic mass is 9.96. The Hall–Kier alpha value is -2.67. The first-order valence-electron chi connectivity index (χ1n) is 11.4. The molecule has 5 rings (SSSR count). The first kappa shape index (κ1) is 21.2. The highest BCUT2D eigenvalue weighted by Crippen LogP contribution is 2.37. The molecule has 0 spiro atoms. The van der Waals surface area contributed by atoms with Gasteiger partial charge >= 0.3 is 0 Å². The normalized spacial score (nSPS) is 26.6. The average molecular weight is 449 g/mol. The smallest absolute Gasteiger partial charge is 0.259 e. The van der Waals surface area contributed by atoms with Crippen LogP contribution in [0.5, 0.6) is 0 Å². The number of rotatable bonds is 4. The van der Waals surface area contributed by atoms with Crippen molar-refractivity contribution in [3.63, 3.8) is 0 Å². The number of likely N-dealkylation sites (tertiary alicyclic amines) is 1.